The first kappa shape index (κ1) is 16.6. The predicted octanol–water partition coefficient (Wildman–Crippen LogP) is 2.65. The minimum Gasteiger partial charge on any atom is -0.366 e. The van der Waals surface area contributed by atoms with Crippen LogP contribution in [0.3, 0.4) is 0 Å². The number of nitrogens with two attached hydrogens (primary N) is 1. The number of allylic oxidation sites excluding steroid dienone is 3. The highest BCUT2D eigenvalue weighted by Crippen LogP contribution is 1.96. The summed E-state index contributed by atoms with van der Waals surface area (Å²) < 4.78 is 0. The number of rotatable bonds is 9. The van der Waals surface area contributed by atoms with Gasteiger partial charge in [-0.3, -0.25) is 4.79 Å². The van der Waals surface area contributed by atoms with E-state index >= 15 is 0 Å². The third kappa shape index (κ3) is 9.85. The highest BCUT2D eigenvalue weighted by atomic mass is 16.1. The highest BCUT2D eigenvalue weighted by Gasteiger charge is 1.97. The van der Waals surface area contributed by atoms with Gasteiger partial charge < -0.3 is 10.6 Å². The van der Waals surface area contributed by atoms with Crippen molar-refractivity contribution < 1.29 is 4.79 Å². The lowest BCUT2D eigenvalue weighted by Gasteiger charge is -2.12. The Balaban J connectivity index is 3.75. The third-order valence-electron chi connectivity index (χ3n) is 2.61. The molecule has 102 valence electrons. The molecule has 0 radical (unpaired) electrons. The fraction of sp³-hybridized carbons (Fsp3) is 0.533. The monoisotopic (exact) mass is 250 g/mol. The Morgan fingerprint density at radius 2 is 1.89 bits per heavy atom. The Kier molecular flexibility index (Phi) is 9.97. The molecule has 18 heavy (non-hydrogen) atoms. The van der Waals surface area contributed by atoms with Gasteiger partial charge in [-0.25, -0.2) is 0 Å². The number of hydrogen-bond acceptors (Lipinski definition) is 2. The number of nitrogens with zero attached hydrogens (tertiary/aromatic N) is 1. The van der Waals surface area contributed by atoms with Gasteiger partial charge in [0.15, 0.2) is 0 Å². The molecule has 3 nitrogen and oxygen atoms in total. The number of amides is 1. The maximum atomic E-state index is 10.8. The molecule has 0 aromatic heterocycles. The van der Waals surface area contributed by atoms with E-state index in [0.717, 1.165) is 25.9 Å². The van der Waals surface area contributed by atoms with E-state index in [9.17, 15) is 4.79 Å². The molecule has 0 aromatic carbocycles. The standard InChI is InChI=1S/C15H26N2O/c1-4-5-6-7-8-9-12-17(3)13-10-11-14(2)15(16)18/h6-9,11H,4-5,10,12-13H2,1-3H3,(H2,16,18). The van der Waals surface area contributed by atoms with Gasteiger partial charge in [0.25, 0.3) is 0 Å². The van der Waals surface area contributed by atoms with Crippen LogP contribution in [0.1, 0.15) is 33.1 Å². The average Bonchev–Trinajstić information content (AvgIpc) is 2.33. The van der Waals surface area contributed by atoms with Crippen LogP contribution in [-0.2, 0) is 4.79 Å². The van der Waals surface area contributed by atoms with Crippen molar-refractivity contribution in [2.24, 2.45) is 5.73 Å². The van der Waals surface area contributed by atoms with E-state index in [-0.39, 0.29) is 5.91 Å². The summed E-state index contributed by atoms with van der Waals surface area (Å²) in [6.45, 7) is 5.76. The van der Waals surface area contributed by atoms with Crippen LogP contribution in [0.5, 0.6) is 0 Å². The van der Waals surface area contributed by atoms with Gasteiger partial charge in [0, 0.05) is 18.7 Å². The van der Waals surface area contributed by atoms with Crippen LogP contribution in [-0.4, -0.2) is 30.9 Å². The fourth-order valence-electron chi connectivity index (χ4n) is 1.35. The van der Waals surface area contributed by atoms with E-state index in [4.69, 9.17) is 5.73 Å². The molecule has 0 aromatic rings. The Bertz CT molecular complexity index is 316. The van der Waals surface area contributed by atoms with Crippen LogP contribution < -0.4 is 5.73 Å². The molecule has 0 unspecified atom stereocenters. The maximum Gasteiger partial charge on any atom is 0.244 e. The quantitative estimate of drug-likeness (QED) is 0.505. The van der Waals surface area contributed by atoms with Gasteiger partial charge in [-0.15, -0.1) is 0 Å². The van der Waals surface area contributed by atoms with Crippen molar-refractivity contribution in [3.05, 3.63) is 36.0 Å². The van der Waals surface area contributed by atoms with E-state index < -0.39 is 0 Å². The summed E-state index contributed by atoms with van der Waals surface area (Å²) in [6, 6.07) is 0. The molecule has 0 aliphatic rings. The summed E-state index contributed by atoms with van der Waals surface area (Å²) in [5.74, 6) is -0.335. The smallest absolute Gasteiger partial charge is 0.244 e. The largest absolute Gasteiger partial charge is 0.366 e. The minimum atomic E-state index is -0.335. The van der Waals surface area contributed by atoms with Crippen molar-refractivity contribution in [2.75, 3.05) is 20.1 Å². The third-order valence-corrected chi connectivity index (χ3v) is 2.61. The predicted molar refractivity (Wildman–Crippen MR) is 78.3 cm³/mol. The molecule has 0 rings (SSSR count). The fourth-order valence-corrected chi connectivity index (χ4v) is 1.35. The number of carbonyl (C=O) groups excluding carboxylic acids is 1. The number of carbonyl (C=O) groups is 1. The molecule has 0 spiro atoms. The summed E-state index contributed by atoms with van der Waals surface area (Å²) in [7, 11) is 2.06. The molecule has 0 saturated carbocycles. The van der Waals surface area contributed by atoms with E-state index in [1.54, 1.807) is 6.92 Å². The molecule has 3 heteroatoms. The maximum absolute atomic E-state index is 10.8. The SMILES string of the molecule is CCCC=CC=CCN(C)CCC=C(C)C(N)=O. The topological polar surface area (TPSA) is 46.3 Å². The molecule has 2 N–H and O–H groups in total. The van der Waals surface area contributed by atoms with E-state index in [1.807, 2.05) is 6.08 Å². The van der Waals surface area contributed by atoms with Crippen LogP contribution in [0, 0.1) is 0 Å². The average molecular weight is 250 g/mol. The van der Waals surface area contributed by atoms with Crippen LogP contribution >= 0.6 is 0 Å². The van der Waals surface area contributed by atoms with Crippen molar-refractivity contribution >= 4 is 5.91 Å². The molecule has 0 heterocycles. The molecule has 0 aliphatic carbocycles. The Morgan fingerprint density at radius 1 is 1.22 bits per heavy atom. The summed E-state index contributed by atoms with van der Waals surface area (Å²) in [5, 5.41) is 0. The van der Waals surface area contributed by atoms with Gasteiger partial charge in [0.05, 0.1) is 0 Å². The Morgan fingerprint density at radius 3 is 2.50 bits per heavy atom. The highest BCUT2D eigenvalue weighted by molar-refractivity contribution is 5.91. The molecule has 0 atom stereocenters. The summed E-state index contributed by atoms with van der Waals surface area (Å²) >= 11 is 0. The van der Waals surface area contributed by atoms with E-state index in [0.29, 0.717) is 5.57 Å². The Hall–Kier alpha value is -1.35. The molecule has 0 fully saturated rings. The zero-order valence-electron chi connectivity index (χ0n) is 11.9. The first-order valence-corrected chi connectivity index (χ1v) is 6.54. The van der Waals surface area contributed by atoms with Crippen LogP contribution in [0.25, 0.3) is 0 Å². The molecule has 0 saturated heterocycles. The lowest BCUT2D eigenvalue weighted by atomic mass is 10.2. The first-order chi connectivity index (χ1) is 8.57. The molecule has 0 aliphatic heterocycles. The van der Waals surface area contributed by atoms with Gasteiger partial charge in [0.2, 0.25) is 5.91 Å². The molecular weight excluding hydrogens is 224 g/mol. The second-order valence-corrected chi connectivity index (χ2v) is 4.45. The van der Waals surface area contributed by atoms with Gasteiger partial charge in [-0.2, -0.15) is 0 Å². The lowest BCUT2D eigenvalue weighted by Crippen LogP contribution is -2.19. The van der Waals surface area contributed by atoms with Crippen molar-refractivity contribution in [1.29, 1.82) is 0 Å². The van der Waals surface area contributed by atoms with Crippen LogP contribution in [0.15, 0.2) is 36.0 Å². The second kappa shape index (κ2) is 10.8. The van der Waals surface area contributed by atoms with E-state index in [1.165, 1.54) is 6.42 Å². The van der Waals surface area contributed by atoms with Crippen molar-refractivity contribution in [1.82, 2.24) is 4.90 Å². The molecule has 0 bridgehead atoms. The van der Waals surface area contributed by atoms with Gasteiger partial charge in [-0.05, 0) is 26.8 Å². The molecular formula is C15H26N2O. The van der Waals surface area contributed by atoms with Gasteiger partial charge >= 0.3 is 0 Å². The zero-order valence-corrected chi connectivity index (χ0v) is 11.9. The van der Waals surface area contributed by atoms with Crippen LogP contribution in [0.2, 0.25) is 0 Å². The normalized spacial score (nSPS) is 13.0. The van der Waals surface area contributed by atoms with E-state index in [2.05, 4.69) is 43.2 Å². The minimum absolute atomic E-state index is 0.335. The summed E-state index contributed by atoms with van der Waals surface area (Å²) in [6.07, 6.45) is 13.6. The summed E-state index contributed by atoms with van der Waals surface area (Å²) in [4.78, 5) is 13.0. The number of hydrogen-bond donors (Lipinski definition) is 1. The lowest BCUT2D eigenvalue weighted by molar-refractivity contribution is -0.114. The number of unbranched alkanes of at least 4 members (excludes halogenated alkanes) is 1. The molecule has 1 amide bonds. The number of likely N-dealkylation sites (N-methyl/N-ethyl adjacent to an activating group) is 1. The van der Waals surface area contributed by atoms with Crippen molar-refractivity contribution in [3.8, 4) is 0 Å². The van der Waals surface area contributed by atoms with Gasteiger partial charge in [0.1, 0.15) is 0 Å². The Labute approximate surface area is 111 Å². The second-order valence-electron chi connectivity index (χ2n) is 4.45. The summed E-state index contributed by atoms with van der Waals surface area (Å²) in [5.41, 5.74) is 5.79. The first-order valence-electron chi connectivity index (χ1n) is 6.54. The zero-order chi connectivity index (χ0) is 13.8. The number of primary amides is 1. The van der Waals surface area contributed by atoms with Crippen molar-refractivity contribution in [2.45, 2.75) is 33.1 Å². The van der Waals surface area contributed by atoms with Gasteiger partial charge in [-0.1, -0.05) is 43.7 Å². The van der Waals surface area contributed by atoms with Crippen molar-refractivity contribution in [3.63, 3.8) is 0 Å². The van der Waals surface area contributed by atoms with Crippen LogP contribution in [0.4, 0.5) is 0 Å².